The van der Waals surface area contributed by atoms with E-state index in [0.29, 0.717) is 0 Å². The molecule has 1 fully saturated rings. The van der Waals surface area contributed by atoms with Crippen LogP contribution in [0.15, 0.2) is 24.3 Å². The van der Waals surface area contributed by atoms with E-state index in [0.717, 1.165) is 18.4 Å². The molecule has 2 aromatic rings. The van der Waals surface area contributed by atoms with Crippen molar-refractivity contribution >= 4 is 21.6 Å². The van der Waals surface area contributed by atoms with Gasteiger partial charge in [-0.1, -0.05) is 19.1 Å². The van der Waals surface area contributed by atoms with Crippen LogP contribution in [-0.4, -0.2) is 34.6 Å². The maximum absolute atomic E-state index is 6.62. The Morgan fingerprint density at radius 1 is 1.33 bits per heavy atom. The molecule has 0 radical (unpaired) electrons. The summed E-state index contributed by atoms with van der Waals surface area (Å²) in [6, 6.07) is 8.49. The molecule has 2 heterocycles. The van der Waals surface area contributed by atoms with Crippen LogP contribution in [0, 0.1) is 0 Å². The molecule has 3 rings (SSSR count). The number of rotatable bonds is 5. The van der Waals surface area contributed by atoms with Gasteiger partial charge in [-0.3, -0.25) is 4.90 Å². The van der Waals surface area contributed by atoms with Gasteiger partial charge in [0.25, 0.3) is 0 Å². The number of hydrogen-bond acceptors (Lipinski definition) is 4. The fourth-order valence-electron chi connectivity index (χ4n) is 3.36. The Labute approximate surface area is 131 Å². The van der Waals surface area contributed by atoms with E-state index in [4.69, 9.17) is 10.7 Å². The molecule has 1 aromatic carbocycles. The minimum atomic E-state index is 0.0916. The molecule has 0 aliphatic carbocycles. The third-order valence-corrected chi connectivity index (χ3v) is 6.13. The number of nitrogens with two attached hydrogens (primary N) is 1. The molecule has 1 saturated heterocycles. The summed E-state index contributed by atoms with van der Waals surface area (Å²) in [6.07, 6.45) is 4.59. The first-order valence-electron chi connectivity index (χ1n) is 7.98. The number of nitrogens with zero attached hydrogens (tertiary/aromatic N) is 2. The summed E-state index contributed by atoms with van der Waals surface area (Å²) in [7, 11) is 0. The molecule has 0 saturated carbocycles. The second-order valence-corrected chi connectivity index (χ2v) is 7.41. The van der Waals surface area contributed by atoms with E-state index in [1.807, 2.05) is 6.07 Å². The molecular weight excluding hydrogens is 278 g/mol. The Morgan fingerprint density at radius 2 is 2.05 bits per heavy atom. The monoisotopic (exact) mass is 303 g/mol. The zero-order chi connectivity index (χ0) is 14.9. The van der Waals surface area contributed by atoms with Crippen LogP contribution in [0.5, 0.6) is 0 Å². The first kappa shape index (κ1) is 14.9. The summed E-state index contributed by atoms with van der Waals surface area (Å²) in [5, 5.41) is 1.17. The fourth-order valence-corrected chi connectivity index (χ4v) is 4.39. The summed E-state index contributed by atoms with van der Waals surface area (Å²) >= 11 is 1.79. The van der Waals surface area contributed by atoms with Gasteiger partial charge in [0, 0.05) is 18.0 Å². The van der Waals surface area contributed by atoms with E-state index in [1.54, 1.807) is 11.3 Å². The third-order valence-electron chi connectivity index (χ3n) is 5.08. The van der Waals surface area contributed by atoms with Crippen molar-refractivity contribution in [3.05, 3.63) is 29.3 Å². The highest BCUT2D eigenvalue weighted by Crippen LogP contribution is 2.30. The first-order chi connectivity index (χ1) is 10.1. The van der Waals surface area contributed by atoms with E-state index in [1.165, 1.54) is 35.6 Å². The van der Waals surface area contributed by atoms with Crippen LogP contribution >= 0.6 is 11.3 Å². The fraction of sp³-hybridized carbons (Fsp3) is 0.588. The van der Waals surface area contributed by atoms with Crippen LogP contribution < -0.4 is 5.73 Å². The first-order valence-corrected chi connectivity index (χ1v) is 8.80. The number of para-hydroxylation sites is 1. The van der Waals surface area contributed by atoms with Crippen molar-refractivity contribution in [3.63, 3.8) is 0 Å². The minimum Gasteiger partial charge on any atom is -0.326 e. The van der Waals surface area contributed by atoms with Crippen LogP contribution in [0.25, 0.3) is 10.2 Å². The van der Waals surface area contributed by atoms with E-state index in [9.17, 15) is 0 Å². The highest BCUT2D eigenvalue weighted by molar-refractivity contribution is 7.18. The normalized spacial score (nSPS) is 20.7. The standard InChI is InChI=1S/C17H25N3S/c1-3-17(2,20-10-6-7-11-20)15(18)12-16-19-13-8-4-5-9-14(13)21-16/h4-5,8-9,15H,3,6-7,10-12,18H2,1-2H3. The molecule has 1 aliphatic heterocycles. The van der Waals surface area contributed by atoms with Crippen LogP contribution in [0.4, 0.5) is 0 Å². The van der Waals surface area contributed by atoms with Crippen molar-refractivity contribution in [1.82, 2.24) is 9.88 Å². The van der Waals surface area contributed by atoms with Gasteiger partial charge in [0.15, 0.2) is 0 Å². The molecule has 3 nitrogen and oxygen atoms in total. The molecule has 114 valence electrons. The smallest absolute Gasteiger partial charge is 0.0954 e. The SMILES string of the molecule is CCC(C)(C(N)Cc1nc2ccccc2s1)N1CCCC1. The van der Waals surface area contributed by atoms with Crippen molar-refractivity contribution in [3.8, 4) is 0 Å². The Kier molecular flexibility index (Phi) is 4.29. The maximum atomic E-state index is 6.62. The van der Waals surface area contributed by atoms with Crippen LogP contribution in [0.2, 0.25) is 0 Å². The van der Waals surface area contributed by atoms with Gasteiger partial charge < -0.3 is 5.73 Å². The molecule has 2 atom stereocenters. The zero-order valence-corrected chi connectivity index (χ0v) is 13.8. The van der Waals surface area contributed by atoms with Gasteiger partial charge in [0.2, 0.25) is 0 Å². The zero-order valence-electron chi connectivity index (χ0n) is 13.0. The predicted molar refractivity (Wildman–Crippen MR) is 90.8 cm³/mol. The van der Waals surface area contributed by atoms with Crippen molar-refractivity contribution in [2.24, 2.45) is 5.73 Å². The molecule has 1 aromatic heterocycles. The van der Waals surface area contributed by atoms with Crippen molar-refractivity contribution in [1.29, 1.82) is 0 Å². The lowest BCUT2D eigenvalue weighted by Crippen LogP contribution is -2.57. The molecule has 21 heavy (non-hydrogen) atoms. The van der Waals surface area contributed by atoms with Gasteiger partial charge in [-0.05, 0) is 51.4 Å². The van der Waals surface area contributed by atoms with Gasteiger partial charge in [-0.25, -0.2) is 4.98 Å². The highest BCUT2D eigenvalue weighted by atomic mass is 32.1. The second kappa shape index (κ2) is 6.03. The summed E-state index contributed by atoms with van der Waals surface area (Å²) in [4.78, 5) is 7.34. The van der Waals surface area contributed by atoms with Gasteiger partial charge in [0.1, 0.15) is 0 Å². The topological polar surface area (TPSA) is 42.1 Å². The molecule has 0 bridgehead atoms. The lowest BCUT2D eigenvalue weighted by atomic mass is 9.86. The number of likely N-dealkylation sites (tertiary alicyclic amines) is 1. The Hall–Kier alpha value is -0.970. The average Bonchev–Trinajstić information content (AvgIpc) is 3.15. The summed E-state index contributed by atoms with van der Waals surface area (Å²) in [5.41, 5.74) is 7.81. The maximum Gasteiger partial charge on any atom is 0.0954 e. The van der Waals surface area contributed by atoms with E-state index in [2.05, 4.69) is 36.9 Å². The van der Waals surface area contributed by atoms with E-state index < -0.39 is 0 Å². The summed E-state index contributed by atoms with van der Waals surface area (Å²) in [5.74, 6) is 0. The summed E-state index contributed by atoms with van der Waals surface area (Å²) < 4.78 is 1.26. The predicted octanol–water partition coefficient (Wildman–Crippen LogP) is 3.43. The number of thiazole rings is 1. The lowest BCUT2D eigenvalue weighted by molar-refractivity contribution is 0.0998. The summed E-state index contributed by atoms with van der Waals surface area (Å²) in [6.45, 7) is 6.97. The van der Waals surface area contributed by atoms with E-state index in [-0.39, 0.29) is 11.6 Å². The minimum absolute atomic E-state index is 0.0916. The van der Waals surface area contributed by atoms with E-state index >= 15 is 0 Å². The molecule has 0 spiro atoms. The molecule has 2 N–H and O–H groups in total. The van der Waals surface area contributed by atoms with Crippen LogP contribution in [-0.2, 0) is 6.42 Å². The molecule has 2 unspecified atom stereocenters. The van der Waals surface area contributed by atoms with Gasteiger partial charge in [-0.15, -0.1) is 11.3 Å². The highest BCUT2D eigenvalue weighted by Gasteiger charge is 2.37. The molecule has 4 heteroatoms. The molecule has 1 aliphatic rings. The van der Waals surface area contributed by atoms with Crippen molar-refractivity contribution in [2.75, 3.05) is 13.1 Å². The number of hydrogen-bond donors (Lipinski definition) is 1. The largest absolute Gasteiger partial charge is 0.326 e. The number of fused-ring (bicyclic) bond motifs is 1. The quantitative estimate of drug-likeness (QED) is 0.920. The average molecular weight is 303 g/mol. The van der Waals surface area contributed by atoms with Crippen LogP contribution in [0.3, 0.4) is 0 Å². The Balaban J connectivity index is 1.78. The second-order valence-electron chi connectivity index (χ2n) is 6.29. The molecule has 0 amide bonds. The third kappa shape index (κ3) is 2.85. The van der Waals surface area contributed by atoms with Gasteiger partial charge in [-0.2, -0.15) is 0 Å². The number of benzene rings is 1. The molecular formula is C17H25N3S. The lowest BCUT2D eigenvalue weighted by Gasteiger charge is -2.42. The van der Waals surface area contributed by atoms with Crippen LogP contribution in [0.1, 0.15) is 38.1 Å². The van der Waals surface area contributed by atoms with Crippen molar-refractivity contribution in [2.45, 2.75) is 51.1 Å². The Morgan fingerprint density at radius 3 is 2.71 bits per heavy atom. The van der Waals surface area contributed by atoms with Gasteiger partial charge in [0.05, 0.1) is 15.2 Å². The Bertz CT molecular complexity index is 570. The van der Waals surface area contributed by atoms with Crippen molar-refractivity contribution < 1.29 is 0 Å². The number of aromatic nitrogens is 1. The van der Waals surface area contributed by atoms with Gasteiger partial charge >= 0.3 is 0 Å².